The minimum absolute atomic E-state index is 0.0765. The number of ether oxygens (including phenoxy) is 2. The molecule has 0 bridgehead atoms. The van der Waals surface area contributed by atoms with Gasteiger partial charge in [-0.3, -0.25) is 0 Å². The van der Waals surface area contributed by atoms with Crippen molar-refractivity contribution in [2.45, 2.75) is 25.6 Å². The minimum Gasteiger partial charge on any atom is -0.347 e. The highest BCUT2D eigenvalue weighted by Gasteiger charge is 2.40. The monoisotopic (exact) mass is 354 g/mol. The molecular weight excluding hydrogens is 336 g/mol. The summed E-state index contributed by atoms with van der Waals surface area (Å²) in [6.45, 7) is 4.62. The summed E-state index contributed by atoms with van der Waals surface area (Å²) in [4.78, 5) is 14.1. The molecule has 6 heteroatoms. The molecule has 5 nitrogen and oxygen atoms in total. The van der Waals surface area contributed by atoms with Crippen molar-refractivity contribution in [2.24, 2.45) is 0 Å². The van der Waals surface area contributed by atoms with Gasteiger partial charge in [-0.25, -0.2) is 4.79 Å². The van der Waals surface area contributed by atoms with Crippen LogP contribution in [0.2, 0.25) is 0 Å². The maximum atomic E-state index is 12.3. The Hall–Kier alpha value is -1.11. The Morgan fingerprint density at radius 1 is 1.29 bits per heavy atom. The van der Waals surface area contributed by atoms with Gasteiger partial charge in [-0.15, -0.1) is 0 Å². The van der Waals surface area contributed by atoms with Gasteiger partial charge in [-0.1, -0.05) is 6.07 Å². The Labute approximate surface area is 132 Å². The molecule has 2 saturated heterocycles. The van der Waals surface area contributed by atoms with Gasteiger partial charge in [0.25, 0.3) is 0 Å². The van der Waals surface area contributed by atoms with E-state index in [4.69, 9.17) is 9.47 Å². The second-order valence-electron chi connectivity index (χ2n) is 5.51. The molecule has 2 aliphatic rings. The molecule has 21 heavy (non-hydrogen) atoms. The average Bonchev–Trinajstić information content (AvgIpc) is 2.91. The molecule has 0 unspecified atom stereocenters. The van der Waals surface area contributed by atoms with Gasteiger partial charge < -0.3 is 19.7 Å². The van der Waals surface area contributed by atoms with E-state index in [1.165, 1.54) is 0 Å². The second kappa shape index (κ2) is 5.94. The zero-order valence-electron chi connectivity index (χ0n) is 12.0. The summed E-state index contributed by atoms with van der Waals surface area (Å²) in [5.41, 5.74) is 1.94. The number of benzene rings is 1. The van der Waals surface area contributed by atoms with Crippen LogP contribution in [0.15, 0.2) is 22.7 Å². The molecule has 2 fully saturated rings. The molecule has 2 amide bonds. The van der Waals surface area contributed by atoms with Crippen LogP contribution in [0.1, 0.15) is 18.4 Å². The highest BCUT2D eigenvalue weighted by Crippen LogP contribution is 2.31. The Kier molecular flexibility index (Phi) is 4.19. The summed E-state index contributed by atoms with van der Waals surface area (Å²) < 4.78 is 12.2. The van der Waals surface area contributed by atoms with Crippen LogP contribution in [-0.2, 0) is 9.47 Å². The smallest absolute Gasteiger partial charge is 0.321 e. The van der Waals surface area contributed by atoms with Crippen molar-refractivity contribution in [2.75, 3.05) is 31.6 Å². The Morgan fingerprint density at radius 2 is 1.95 bits per heavy atom. The summed E-state index contributed by atoms with van der Waals surface area (Å²) in [5, 5.41) is 2.94. The molecule has 0 aromatic heterocycles. The molecule has 0 saturated carbocycles. The molecule has 114 valence electrons. The second-order valence-corrected chi connectivity index (χ2v) is 6.36. The molecule has 0 aliphatic carbocycles. The molecule has 1 N–H and O–H groups in total. The van der Waals surface area contributed by atoms with Gasteiger partial charge in [0.1, 0.15) is 0 Å². The quantitative estimate of drug-likeness (QED) is 0.842. The average molecular weight is 355 g/mol. The van der Waals surface area contributed by atoms with Gasteiger partial charge in [0.2, 0.25) is 0 Å². The van der Waals surface area contributed by atoms with Gasteiger partial charge in [-0.05, 0) is 40.5 Å². The van der Waals surface area contributed by atoms with Gasteiger partial charge in [0, 0.05) is 30.4 Å². The van der Waals surface area contributed by atoms with Crippen LogP contribution in [0.25, 0.3) is 0 Å². The summed E-state index contributed by atoms with van der Waals surface area (Å²) in [6.07, 6.45) is 1.46. The number of amides is 2. The predicted octanol–water partition coefficient (Wildman–Crippen LogP) is 3.13. The number of urea groups is 1. The lowest BCUT2D eigenvalue weighted by molar-refractivity contribution is -0.181. The Morgan fingerprint density at radius 3 is 2.57 bits per heavy atom. The molecule has 0 radical (unpaired) electrons. The van der Waals surface area contributed by atoms with Crippen LogP contribution in [0.5, 0.6) is 0 Å². The summed E-state index contributed by atoms with van der Waals surface area (Å²) >= 11 is 3.48. The number of anilines is 1. The van der Waals surface area contributed by atoms with Crippen LogP contribution >= 0.6 is 15.9 Å². The zero-order chi connectivity index (χ0) is 14.9. The normalized spacial score (nSPS) is 20.8. The Bertz CT molecular complexity index is 534. The van der Waals surface area contributed by atoms with Crippen molar-refractivity contribution in [3.63, 3.8) is 0 Å². The lowest BCUT2D eigenvalue weighted by Gasteiger charge is -2.37. The number of rotatable bonds is 1. The van der Waals surface area contributed by atoms with Crippen LogP contribution in [-0.4, -0.2) is 43.0 Å². The maximum Gasteiger partial charge on any atom is 0.321 e. The van der Waals surface area contributed by atoms with Crippen molar-refractivity contribution in [3.8, 4) is 0 Å². The van der Waals surface area contributed by atoms with Gasteiger partial charge in [-0.2, -0.15) is 0 Å². The third-order valence-corrected chi connectivity index (χ3v) is 4.65. The number of piperidine rings is 1. The number of nitrogens with zero attached hydrogens (tertiary/aromatic N) is 1. The summed E-state index contributed by atoms with van der Waals surface area (Å²) in [7, 11) is 0. The zero-order valence-corrected chi connectivity index (χ0v) is 13.6. The third kappa shape index (κ3) is 3.22. The molecule has 0 atom stereocenters. The summed E-state index contributed by atoms with van der Waals surface area (Å²) in [5.74, 6) is -0.443. The standard InChI is InChI=1S/C15H19BrN2O3/c1-11-2-3-13(12(16)10-11)17-14(19)18-6-4-15(5-7-18)20-8-9-21-15/h2-3,10H,4-9H2,1H3,(H,17,19). The van der Waals surface area contributed by atoms with E-state index in [1.807, 2.05) is 30.0 Å². The van der Waals surface area contributed by atoms with Crippen LogP contribution in [0, 0.1) is 6.92 Å². The topological polar surface area (TPSA) is 50.8 Å². The number of halogens is 1. The van der Waals surface area contributed by atoms with E-state index in [2.05, 4.69) is 21.2 Å². The number of aryl methyl sites for hydroxylation is 1. The van der Waals surface area contributed by atoms with Crippen molar-refractivity contribution in [1.82, 2.24) is 4.90 Å². The fraction of sp³-hybridized carbons (Fsp3) is 0.533. The van der Waals surface area contributed by atoms with Crippen LogP contribution < -0.4 is 5.32 Å². The molecular formula is C15H19BrN2O3. The molecule has 2 aliphatic heterocycles. The first-order valence-corrected chi connectivity index (χ1v) is 7.97. The molecule has 1 aromatic carbocycles. The number of likely N-dealkylation sites (tertiary alicyclic amines) is 1. The van der Waals surface area contributed by atoms with E-state index in [0.717, 1.165) is 28.6 Å². The lowest BCUT2D eigenvalue weighted by atomic mass is 10.0. The first kappa shape index (κ1) is 14.8. The van der Waals surface area contributed by atoms with E-state index in [-0.39, 0.29) is 6.03 Å². The van der Waals surface area contributed by atoms with E-state index in [9.17, 15) is 4.79 Å². The fourth-order valence-corrected chi connectivity index (χ4v) is 3.34. The Balaban J connectivity index is 1.59. The highest BCUT2D eigenvalue weighted by molar-refractivity contribution is 9.10. The largest absolute Gasteiger partial charge is 0.347 e. The lowest BCUT2D eigenvalue weighted by Crippen LogP contribution is -2.48. The van der Waals surface area contributed by atoms with Crippen LogP contribution in [0.4, 0.5) is 10.5 Å². The van der Waals surface area contributed by atoms with E-state index in [1.54, 1.807) is 0 Å². The fourth-order valence-electron chi connectivity index (χ4n) is 2.75. The molecule has 1 spiro atoms. The third-order valence-electron chi connectivity index (χ3n) is 3.99. The number of carbonyl (C=O) groups excluding carboxylic acids is 1. The highest BCUT2D eigenvalue weighted by atomic mass is 79.9. The minimum atomic E-state index is -0.443. The molecule has 1 aromatic rings. The van der Waals surface area contributed by atoms with Gasteiger partial charge in [0.15, 0.2) is 5.79 Å². The van der Waals surface area contributed by atoms with Crippen molar-refractivity contribution >= 4 is 27.6 Å². The van der Waals surface area contributed by atoms with E-state index < -0.39 is 5.79 Å². The van der Waals surface area contributed by atoms with E-state index in [0.29, 0.717) is 26.3 Å². The van der Waals surface area contributed by atoms with Gasteiger partial charge in [0.05, 0.1) is 18.9 Å². The van der Waals surface area contributed by atoms with E-state index >= 15 is 0 Å². The molecule has 2 heterocycles. The summed E-state index contributed by atoms with van der Waals surface area (Å²) in [6, 6.07) is 5.80. The first-order chi connectivity index (χ1) is 10.1. The number of carbonyl (C=O) groups is 1. The van der Waals surface area contributed by atoms with Crippen LogP contribution in [0.3, 0.4) is 0 Å². The SMILES string of the molecule is Cc1ccc(NC(=O)N2CCC3(CC2)OCCO3)c(Br)c1. The first-order valence-electron chi connectivity index (χ1n) is 7.18. The number of nitrogens with one attached hydrogen (secondary N) is 1. The predicted molar refractivity (Wildman–Crippen MR) is 83.3 cm³/mol. The number of hydrogen-bond acceptors (Lipinski definition) is 3. The number of hydrogen-bond donors (Lipinski definition) is 1. The van der Waals surface area contributed by atoms with Gasteiger partial charge >= 0.3 is 6.03 Å². The van der Waals surface area contributed by atoms with Crippen molar-refractivity contribution in [1.29, 1.82) is 0 Å². The maximum absolute atomic E-state index is 12.3. The van der Waals surface area contributed by atoms with Crippen molar-refractivity contribution < 1.29 is 14.3 Å². The van der Waals surface area contributed by atoms with Crippen molar-refractivity contribution in [3.05, 3.63) is 28.2 Å². The molecule has 3 rings (SSSR count).